The van der Waals surface area contributed by atoms with Gasteiger partial charge in [0, 0.05) is 43.5 Å². The van der Waals surface area contributed by atoms with Gasteiger partial charge in [0.15, 0.2) is 0 Å². The summed E-state index contributed by atoms with van der Waals surface area (Å²) in [6.45, 7) is 14.6. The molecule has 1 fully saturated rings. The predicted octanol–water partition coefficient (Wildman–Crippen LogP) is 7.21. The number of nitrogens with zero attached hydrogens (tertiary/aromatic N) is 2. The number of aromatic nitrogens is 2. The molecule has 3 rings (SSSR count). The van der Waals surface area contributed by atoms with E-state index in [2.05, 4.69) is 63.6 Å². The van der Waals surface area contributed by atoms with E-state index < -0.39 is 5.79 Å². The lowest BCUT2D eigenvalue weighted by Gasteiger charge is -2.38. The fourth-order valence-corrected chi connectivity index (χ4v) is 4.95. The normalized spacial score (nSPS) is 23.1. The fourth-order valence-electron chi connectivity index (χ4n) is 4.95. The SMILES string of the molecule is CC(=O)CC[C@@H]1CCC[C@](C)(Oc2nn(C(C)C)c(C)c2CC2=CCC=C(CC(C)C)C=C2)O1. The summed E-state index contributed by atoms with van der Waals surface area (Å²) in [5.74, 6) is 0.812. The van der Waals surface area contributed by atoms with Crippen molar-refractivity contribution in [3.05, 3.63) is 46.7 Å². The number of allylic oxidation sites excluding steroid dienone is 6. The van der Waals surface area contributed by atoms with E-state index in [4.69, 9.17) is 14.6 Å². The van der Waals surface area contributed by atoms with Crippen LogP contribution < -0.4 is 4.74 Å². The molecule has 1 aromatic rings. The number of hydrogen-bond acceptors (Lipinski definition) is 4. The molecule has 188 valence electrons. The van der Waals surface area contributed by atoms with E-state index >= 15 is 0 Å². The lowest BCUT2D eigenvalue weighted by molar-refractivity contribution is -0.227. The Morgan fingerprint density at radius 3 is 2.62 bits per heavy atom. The Morgan fingerprint density at radius 2 is 1.94 bits per heavy atom. The van der Waals surface area contributed by atoms with Gasteiger partial charge < -0.3 is 14.3 Å². The fraction of sp³-hybridized carbons (Fsp3) is 0.655. The van der Waals surface area contributed by atoms with Gasteiger partial charge in [-0.3, -0.25) is 4.68 Å². The topological polar surface area (TPSA) is 53.3 Å². The largest absolute Gasteiger partial charge is 0.444 e. The maximum Gasteiger partial charge on any atom is 0.239 e. The summed E-state index contributed by atoms with van der Waals surface area (Å²) >= 11 is 0. The summed E-state index contributed by atoms with van der Waals surface area (Å²) in [4.78, 5) is 11.5. The van der Waals surface area contributed by atoms with Crippen LogP contribution in [0.25, 0.3) is 0 Å². The van der Waals surface area contributed by atoms with Gasteiger partial charge in [0.05, 0.1) is 6.10 Å². The number of ether oxygens (including phenoxy) is 2. The van der Waals surface area contributed by atoms with E-state index in [0.717, 1.165) is 56.2 Å². The van der Waals surface area contributed by atoms with Crippen molar-refractivity contribution in [1.29, 1.82) is 0 Å². The quantitative estimate of drug-likeness (QED) is 0.364. The molecule has 0 bridgehead atoms. The highest BCUT2D eigenvalue weighted by molar-refractivity contribution is 5.75. The first-order valence-corrected chi connectivity index (χ1v) is 13.1. The molecule has 0 unspecified atom stereocenters. The van der Waals surface area contributed by atoms with Crippen molar-refractivity contribution in [3.8, 4) is 5.88 Å². The molecule has 5 heteroatoms. The van der Waals surface area contributed by atoms with Crippen LogP contribution in [-0.2, 0) is 16.0 Å². The summed E-state index contributed by atoms with van der Waals surface area (Å²) in [7, 11) is 0. The van der Waals surface area contributed by atoms with Crippen LogP contribution in [0, 0.1) is 12.8 Å². The molecule has 1 aromatic heterocycles. The van der Waals surface area contributed by atoms with Gasteiger partial charge in [0.2, 0.25) is 11.7 Å². The molecule has 0 saturated carbocycles. The van der Waals surface area contributed by atoms with E-state index in [0.29, 0.717) is 18.2 Å². The molecule has 0 spiro atoms. The van der Waals surface area contributed by atoms with Crippen LogP contribution in [0.4, 0.5) is 0 Å². The highest BCUT2D eigenvalue weighted by atomic mass is 16.7. The highest BCUT2D eigenvalue weighted by Gasteiger charge is 2.37. The summed E-state index contributed by atoms with van der Waals surface area (Å²) in [6.07, 6.45) is 16.2. The molecule has 1 saturated heterocycles. The molecule has 2 aliphatic rings. The number of carbonyl (C=O) groups excluding carboxylic acids is 1. The third kappa shape index (κ3) is 7.18. The third-order valence-electron chi connectivity index (χ3n) is 6.73. The van der Waals surface area contributed by atoms with E-state index in [1.165, 1.54) is 11.1 Å². The first-order valence-electron chi connectivity index (χ1n) is 13.1. The van der Waals surface area contributed by atoms with Crippen molar-refractivity contribution in [2.24, 2.45) is 5.92 Å². The van der Waals surface area contributed by atoms with E-state index in [1.807, 2.05) is 6.92 Å². The van der Waals surface area contributed by atoms with Crippen molar-refractivity contribution in [2.45, 2.75) is 118 Å². The molecular formula is C29H44N2O3. The molecular weight excluding hydrogens is 424 g/mol. The minimum absolute atomic E-state index is 0.0531. The van der Waals surface area contributed by atoms with Gasteiger partial charge >= 0.3 is 0 Å². The first-order chi connectivity index (χ1) is 16.1. The van der Waals surface area contributed by atoms with E-state index in [1.54, 1.807) is 6.92 Å². The molecule has 34 heavy (non-hydrogen) atoms. The molecule has 0 aromatic carbocycles. The first kappa shape index (κ1) is 26.5. The maximum atomic E-state index is 11.5. The Morgan fingerprint density at radius 1 is 1.24 bits per heavy atom. The number of ketones is 1. The van der Waals surface area contributed by atoms with Gasteiger partial charge in [-0.05, 0) is 71.3 Å². The van der Waals surface area contributed by atoms with Crippen LogP contribution in [0.2, 0.25) is 0 Å². The maximum absolute atomic E-state index is 11.5. The van der Waals surface area contributed by atoms with Gasteiger partial charge in [0.1, 0.15) is 5.78 Å². The Hall–Kier alpha value is -2.14. The third-order valence-corrected chi connectivity index (χ3v) is 6.73. The van der Waals surface area contributed by atoms with Gasteiger partial charge in [0.25, 0.3) is 0 Å². The number of carbonyl (C=O) groups is 1. The molecule has 2 heterocycles. The number of rotatable bonds is 10. The minimum Gasteiger partial charge on any atom is -0.444 e. The number of hydrogen-bond donors (Lipinski definition) is 0. The van der Waals surface area contributed by atoms with Crippen LogP contribution >= 0.6 is 0 Å². The van der Waals surface area contributed by atoms with Gasteiger partial charge in [-0.15, -0.1) is 5.10 Å². The molecule has 0 amide bonds. The average molecular weight is 469 g/mol. The summed E-state index contributed by atoms with van der Waals surface area (Å²) in [6, 6.07) is 0.248. The molecule has 0 N–H and O–H groups in total. The van der Waals surface area contributed by atoms with Crippen molar-refractivity contribution >= 4 is 5.78 Å². The monoisotopic (exact) mass is 468 g/mol. The predicted molar refractivity (Wildman–Crippen MR) is 138 cm³/mol. The zero-order valence-electron chi connectivity index (χ0n) is 22.3. The van der Waals surface area contributed by atoms with E-state index in [9.17, 15) is 4.79 Å². The summed E-state index contributed by atoms with van der Waals surface area (Å²) in [5.41, 5.74) is 4.98. The Kier molecular flexibility index (Phi) is 8.97. The van der Waals surface area contributed by atoms with Crippen LogP contribution in [0.5, 0.6) is 5.88 Å². The van der Waals surface area contributed by atoms with Gasteiger partial charge in [-0.2, -0.15) is 0 Å². The lowest BCUT2D eigenvalue weighted by atomic mass is 9.98. The summed E-state index contributed by atoms with van der Waals surface area (Å²) in [5, 5.41) is 4.89. The van der Waals surface area contributed by atoms with E-state index in [-0.39, 0.29) is 17.9 Å². The molecule has 2 atom stereocenters. The Labute approximate surface area is 206 Å². The standard InChI is InChI=1S/C29H44N2O3/c1-20(2)18-24-10-8-11-25(15-14-24)19-27-23(6)31(21(3)4)30-28(27)34-29(7)17-9-12-26(33-29)16-13-22(5)32/h10-11,14-15,20-21,26H,8-9,12-13,16-19H2,1-7H3/t26-,29-/m0/s1. The molecule has 0 radical (unpaired) electrons. The number of Topliss-reactive ketones (excluding diaryl/α,β-unsaturated/α-hetero) is 1. The highest BCUT2D eigenvalue weighted by Crippen LogP contribution is 2.36. The van der Waals surface area contributed by atoms with Crippen LogP contribution in [0.3, 0.4) is 0 Å². The van der Waals surface area contributed by atoms with Gasteiger partial charge in [-0.25, -0.2) is 0 Å². The second-order valence-electron chi connectivity index (χ2n) is 10.9. The second-order valence-corrected chi connectivity index (χ2v) is 10.9. The van der Waals surface area contributed by atoms with Gasteiger partial charge in [-0.1, -0.05) is 43.7 Å². The lowest BCUT2D eigenvalue weighted by Crippen LogP contribution is -2.43. The second kappa shape index (κ2) is 11.5. The zero-order chi connectivity index (χ0) is 24.9. The Bertz CT molecular complexity index is 951. The molecule has 1 aliphatic heterocycles. The van der Waals surface area contributed by atoms with Crippen molar-refractivity contribution in [3.63, 3.8) is 0 Å². The average Bonchev–Trinajstić information content (AvgIpc) is 2.90. The molecule has 5 nitrogen and oxygen atoms in total. The molecule has 1 aliphatic carbocycles. The van der Waals surface area contributed by atoms with Crippen molar-refractivity contribution in [2.75, 3.05) is 0 Å². The Balaban J connectivity index is 1.80. The van der Waals surface area contributed by atoms with Crippen LogP contribution in [0.1, 0.15) is 104 Å². The van der Waals surface area contributed by atoms with Crippen LogP contribution in [-0.4, -0.2) is 27.5 Å². The van der Waals surface area contributed by atoms with Crippen LogP contribution in [0.15, 0.2) is 35.5 Å². The summed E-state index contributed by atoms with van der Waals surface area (Å²) < 4.78 is 15.0. The smallest absolute Gasteiger partial charge is 0.239 e. The minimum atomic E-state index is -0.725. The van der Waals surface area contributed by atoms with Crippen molar-refractivity contribution in [1.82, 2.24) is 9.78 Å². The van der Waals surface area contributed by atoms with Crippen molar-refractivity contribution < 1.29 is 14.3 Å². The zero-order valence-corrected chi connectivity index (χ0v) is 22.3.